The molecule has 2 aliphatic carbocycles. The molecule has 1 saturated carbocycles. The normalized spacial score (nSPS) is 18.3. The summed E-state index contributed by atoms with van der Waals surface area (Å²) in [7, 11) is 0. The summed E-state index contributed by atoms with van der Waals surface area (Å²) in [5.74, 6) is -1.11. The first-order valence-corrected chi connectivity index (χ1v) is 9.78. The highest BCUT2D eigenvalue weighted by molar-refractivity contribution is 7.14. The summed E-state index contributed by atoms with van der Waals surface area (Å²) in [5, 5.41) is 5.07. The van der Waals surface area contributed by atoms with Crippen LogP contribution < -0.4 is 10.6 Å². The Labute approximate surface area is 151 Å². The van der Waals surface area contributed by atoms with E-state index in [0.29, 0.717) is 4.88 Å². The van der Waals surface area contributed by atoms with Crippen molar-refractivity contribution in [3.8, 4) is 0 Å². The number of esters is 1. The van der Waals surface area contributed by atoms with Gasteiger partial charge in [-0.1, -0.05) is 19.3 Å². The number of nitrogens with one attached hydrogen (secondary N) is 2. The van der Waals surface area contributed by atoms with Crippen LogP contribution in [-0.2, 0) is 22.4 Å². The molecule has 136 valence electrons. The van der Waals surface area contributed by atoms with Gasteiger partial charge in [0, 0.05) is 10.9 Å². The van der Waals surface area contributed by atoms with Gasteiger partial charge in [0.1, 0.15) is 4.88 Å². The quantitative estimate of drug-likeness (QED) is 0.805. The van der Waals surface area contributed by atoms with Gasteiger partial charge in [0.2, 0.25) is 0 Å². The largest absolute Gasteiger partial charge is 0.448 e. The minimum atomic E-state index is -1.01. The fourth-order valence-electron chi connectivity index (χ4n) is 3.38. The number of imide groups is 1. The molecule has 3 rings (SSSR count). The Morgan fingerprint density at radius 1 is 1.16 bits per heavy atom. The van der Waals surface area contributed by atoms with Gasteiger partial charge in [-0.2, -0.15) is 0 Å². The first kappa shape index (κ1) is 17.9. The highest BCUT2D eigenvalue weighted by atomic mass is 32.1. The fraction of sp³-hybridized carbons (Fsp3) is 0.611. The third-order valence-corrected chi connectivity index (χ3v) is 6.00. The zero-order chi connectivity index (χ0) is 17.8. The molecular formula is C18H24N2O4S. The van der Waals surface area contributed by atoms with Crippen LogP contribution in [0.15, 0.2) is 6.07 Å². The average molecular weight is 364 g/mol. The molecule has 1 aromatic heterocycles. The van der Waals surface area contributed by atoms with Gasteiger partial charge in [-0.3, -0.25) is 10.1 Å². The van der Waals surface area contributed by atoms with Crippen LogP contribution in [0.25, 0.3) is 0 Å². The molecule has 0 unspecified atom stereocenters. The summed E-state index contributed by atoms with van der Waals surface area (Å²) in [5.41, 5.74) is 1.21. The van der Waals surface area contributed by atoms with Crippen LogP contribution in [0.2, 0.25) is 0 Å². The summed E-state index contributed by atoms with van der Waals surface area (Å²) in [6.07, 6.45) is 7.38. The molecule has 6 nitrogen and oxygen atoms in total. The zero-order valence-electron chi connectivity index (χ0n) is 14.4. The minimum Gasteiger partial charge on any atom is -0.448 e. The topological polar surface area (TPSA) is 84.5 Å². The van der Waals surface area contributed by atoms with Gasteiger partial charge in [0.05, 0.1) is 0 Å². The first-order chi connectivity index (χ1) is 12.0. The van der Waals surface area contributed by atoms with Crippen LogP contribution in [0.5, 0.6) is 0 Å². The monoisotopic (exact) mass is 364 g/mol. The van der Waals surface area contributed by atoms with Crippen LogP contribution >= 0.6 is 11.3 Å². The van der Waals surface area contributed by atoms with Crippen LogP contribution in [-0.4, -0.2) is 30.1 Å². The molecule has 1 heterocycles. The second kappa shape index (κ2) is 7.99. The standard InChI is InChI=1S/C18H24N2O4S/c1-11(16(21)20-18(23)19-13-7-3-2-4-8-13)24-17(22)15-10-12-6-5-9-14(12)25-15/h10-11,13H,2-9H2,1H3,(H2,19,20,21,23)/t11-/m1/s1. The van der Waals surface area contributed by atoms with Crippen molar-refractivity contribution >= 4 is 29.2 Å². The van der Waals surface area contributed by atoms with E-state index in [4.69, 9.17) is 4.74 Å². The number of hydrogen-bond acceptors (Lipinski definition) is 5. The molecule has 0 radical (unpaired) electrons. The Hall–Kier alpha value is -1.89. The number of hydrogen-bond donors (Lipinski definition) is 2. The molecule has 3 amide bonds. The van der Waals surface area contributed by atoms with Crippen LogP contribution in [0.3, 0.4) is 0 Å². The molecule has 1 atom stereocenters. The van der Waals surface area contributed by atoms with Crippen molar-refractivity contribution in [3.63, 3.8) is 0 Å². The van der Waals surface area contributed by atoms with Gasteiger partial charge >= 0.3 is 12.0 Å². The van der Waals surface area contributed by atoms with E-state index in [1.807, 2.05) is 6.07 Å². The number of thiophene rings is 1. The third kappa shape index (κ3) is 4.60. The van der Waals surface area contributed by atoms with E-state index in [2.05, 4.69) is 10.6 Å². The summed E-state index contributed by atoms with van der Waals surface area (Å²) in [6.45, 7) is 1.47. The van der Waals surface area contributed by atoms with Gasteiger partial charge in [-0.25, -0.2) is 9.59 Å². The maximum atomic E-state index is 12.2. The van der Waals surface area contributed by atoms with Crippen molar-refractivity contribution in [2.45, 2.75) is 70.4 Å². The maximum absolute atomic E-state index is 12.2. The molecule has 7 heteroatoms. The maximum Gasteiger partial charge on any atom is 0.349 e. The number of amides is 3. The Morgan fingerprint density at radius 2 is 1.92 bits per heavy atom. The number of aryl methyl sites for hydroxylation is 2. The molecule has 1 aromatic rings. The van der Waals surface area contributed by atoms with Crippen LogP contribution in [0.1, 0.15) is 65.6 Å². The molecule has 2 N–H and O–H groups in total. The number of urea groups is 1. The number of rotatable bonds is 4. The van der Waals surface area contributed by atoms with Crippen molar-refractivity contribution in [3.05, 3.63) is 21.4 Å². The Balaban J connectivity index is 1.46. The Kier molecular flexibility index (Phi) is 5.73. The van der Waals surface area contributed by atoms with Crippen molar-refractivity contribution in [1.82, 2.24) is 10.6 Å². The van der Waals surface area contributed by atoms with Crippen molar-refractivity contribution < 1.29 is 19.1 Å². The van der Waals surface area contributed by atoms with Crippen LogP contribution in [0.4, 0.5) is 4.79 Å². The predicted octanol–water partition coefficient (Wildman–Crippen LogP) is 2.94. The molecule has 0 aromatic carbocycles. The number of fused-ring (bicyclic) bond motifs is 1. The van der Waals surface area contributed by atoms with E-state index in [0.717, 1.165) is 44.9 Å². The Bertz CT molecular complexity index is 643. The minimum absolute atomic E-state index is 0.118. The molecule has 0 aliphatic heterocycles. The average Bonchev–Trinajstić information content (AvgIpc) is 3.17. The summed E-state index contributed by atoms with van der Waals surface area (Å²) >= 11 is 1.44. The van der Waals surface area contributed by atoms with Gasteiger partial charge in [-0.15, -0.1) is 11.3 Å². The van der Waals surface area contributed by atoms with Crippen molar-refractivity contribution in [2.75, 3.05) is 0 Å². The lowest BCUT2D eigenvalue weighted by Gasteiger charge is -2.23. The van der Waals surface area contributed by atoms with E-state index >= 15 is 0 Å². The second-order valence-electron chi connectivity index (χ2n) is 6.76. The van der Waals surface area contributed by atoms with Crippen molar-refractivity contribution in [1.29, 1.82) is 0 Å². The summed E-state index contributed by atoms with van der Waals surface area (Å²) < 4.78 is 5.21. The second-order valence-corrected chi connectivity index (χ2v) is 7.89. The van der Waals surface area contributed by atoms with E-state index in [-0.39, 0.29) is 6.04 Å². The summed E-state index contributed by atoms with van der Waals surface area (Å²) in [6, 6.07) is 1.46. The van der Waals surface area contributed by atoms with E-state index < -0.39 is 24.0 Å². The highest BCUT2D eigenvalue weighted by Gasteiger charge is 2.25. The smallest absolute Gasteiger partial charge is 0.349 e. The van der Waals surface area contributed by atoms with E-state index in [1.54, 1.807) is 0 Å². The van der Waals surface area contributed by atoms with Gasteiger partial charge in [0.25, 0.3) is 5.91 Å². The molecule has 0 spiro atoms. The van der Waals surface area contributed by atoms with Gasteiger partial charge < -0.3 is 10.1 Å². The number of carbonyl (C=O) groups excluding carboxylic acids is 3. The van der Waals surface area contributed by atoms with E-state index in [9.17, 15) is 14.4 Å². The van der Waals surface area contributed by atoms with E-state index in [1.165, 1.54) is 35.1 Å². The lowest BCUT2D eigenvalue weighted by atomic mass is 9.96. The van der Waals surface area contributed by atoms with Crippen molar-refractivity contribution in [2.24, 2.45) is 0 Å². The number of ether oxygens (including phenoxy) is 1. The van der Waals surface area contributed by atoms with Gasteiger partial charge in [0.15, 0.2) is 6.10 Å². The fourth-order valence-corrected chi connectivity index (χ4v) is 4.52. The SMILES string of the molecule is C[C@@H](OC(=O)c1cc2c(s1)CCC2)C(=O)NC(=O)NC1CCCCC1. The summed E-state index contributed by atoms with van der Waals surface area (Å²) in [4.78, 5) is 37.9. The molecule has 1 fully saturated rings. The molecule has 2 aliphatic rings. The molecule has 0 bridgehead atoms. The first-order valence-electron chi connectivity index (χ1n) is 8.97. The molecule has 25 heavy (non-hydrogen) atoms. The highest BCUT2D eigenvalue weighted by Crippen LogP contribution is 2.31. The van der Waals surface area contributed by atoms with Crippen LogP contribution in [0, 0.1) is 0 Å². The lowest BCUT2D eigenvalue weighted by Crippen LogP contribution is -2.48. The number of carbonyl (C=O) groups is 3. The predicted molar refractivity (Wildman–Crippen MR) is 94.8 cm³/mol. The zero-order valence-corrected chi connectivity index (χ0v) is 15.2. The molecular weight excluding hydrogens is 340 g/mol. The third-order valence-electron chi connectivity index (χ3n) is 4.78. The van der Waals surface area contributed by atoms with Gasteiger partial charge in [-0.05, 0) is 50.7 Å². The lowest BCUT2D eigenvalue weighted by molar-refractivity contribution is -0.127. The molecule has 0 saturated heterocycles. The Morgan fingerprint density at radius 3 is 2.64 bits per heavy atom.